The van der Waals surface area contributed by atoms with Crippen LogP contribution in [0, 0.1) is 13.8 Å². The van der Waals surface area contributed by atoms with E-state index >= 15 is 0 Å². The Labute approximate surface area is 134 Å². The quantitative estimate of drug-likeness (QED) is 0.835. The summed E-state index contributed by atoms with van der Waals surface area (Å²) in [5.41, 5.74) is 0.323. The smallest absolute Gasteiger partial charge is 0.335 e. The SMILES string of the molecule is Cc1cnc(NS(=O)(=O)c2cc(C(=O)O)cc(Br)c2C)s1. The molecule has 0 saturated carbocycles. The molecule has 21 heavy (non-hydrogen) atoms. The van der Waals surface area contributed by atoms with Crippen molar-refractivity contribution in [2.75, 3.05) is 4.72 Å². The molecular formula is C12H11BrN2O4S2. The van der Waals surface area contributed by atoms with Crippen LogP contribution < -0.4 is 4.72 Å². The van der Waals surface area contributed by atoms with E-state index < -0.39 is 16.0 Å². The highest BCUT2D eigenvalue weighted by Gasteiger charge is 2.22. The highest BCUT2D eigenvalue weighted by molar-refractivity contribution is 9.10. The van der Waals surface area contributed by atoms with Crippen LogP contribution >= 0.6 is 27.3 Å². The van der Waals surface area contributed by atoms with Gasteiger partial charge in [0, 0.05) is 15.5 Å². The van der Waals surface area contributed by atoms with E-state index in [0.29, 0.717) is 10.0 Å². The Bertz CT molecular complexity index is 815. The molecule has 112 valence electrons. The lowest BCUT2D eigenvalue weighted by Crippen LogP contribution is -2.15. The van der Waals surface area contributed by atoms with Gasteiger partial charge in [-0.15, -0.1) is 11.3 Å². The molecule has 1 aromatic carbocycles. The third kappa shape index (κ3) is 3.42. The summed E-state index contributed by atoms with van der Waals surface area (Å²) in [6, 6.07) is 2.50. The van der Waals surface area contributed by atoms with E-state index in [1.807, 2.05) is 6.92 Å². The number of carboxylic acid groups (broad SMARTS) is 1. The number of halogens is 1. The summed E-state index contributed by atoms with van der Waals surface area (Å²) in [5.74, 6) is -1.20. The number of aromatic carboxylic acids is 1. The zero-order chi connectivity index (χ0) is 15.8. The predicted octanol–water partition coefficient (Wildman–Crippen LogP) is 3.02. The first kappa shape index (κ1) is 15.9. The molecule has 0 bridgehead atoms. The lowest BCUT2D eigenvalue weighted by molar-refractivity contribution is 0.0696. The van der Waals surface area contributed by atoms with Gasteiger partial charge in [-0.25, -0.2) is 18.2 Å². The number of carboxylic acids is 1. The molecule has 0 aliphatic carbocycles. The van der Waals surface area contributed by atoms with Crippen molar-refractivity contribution in [3.63, 3.8) is 0 Å². The van der Waals surface area contributed by atoms with Crippen molar-refractivity contribution in [3.8, 4) is 0 Å². The maximum Gasteiger partial charge on any atom is 0.335 e. The molecule has 0 atom stereocenters. The summed E-state index contributed by atoms with van der Waals surface area (Å²) in [5, 5.41) is 9.28. The van der Waals surface area contributed by atoms with Crippen LogP contribution in [0.3, 0.4) is 0 Å². The van der Waals surface area contributed by atoms with Gasteiger partial charge in [0.2, 0.25) is 0 Å². The van der Waals surface area contributed by atoms with E-state index in [0.717, 1.165) is 10.9 Å². The summed E-state index contributed by atoms with van der Waals surface area (Å²) in [7, 11) is -3.90. The number of carbonyl (C=O) groups is 1. The number of rotatable bonds is 4. The van der Waals surface area contributed by atoms with E-state index in [9.17, 15) is 13.2 Å². The van der Waals surface area contributed by atoms with Crippen LogP contribution in [-0.4, -0.2) is 24.5 Å². The number of nitrogens with zero attached hydrogens (tertiary/aromatic N) is 1. The third-order valence-corrected chi connectivity index (χ3v) is 5.92. The van der Waals surface area contributed by atoms with Crippen LogP contribution in [0.4, 0.5) is 5.13 Å². The third-order valence-electron chi connectivity index (χ3n) is 2.68. The van der Waals surface area contributed by atoms with E-state index in [1.54, 1.807) is 13.1 Å². The largest absolute Gasteiger partial charge is 0.478 e. The molecule has 0 aliphatic heterocycles. The van der Waals surface area contributed by atoms with Gasteiger partial charge in [0.05, 0.1) is 10.5 Å². The summed E-state index contributed by atoms with van der Waals surface area (Å²) < 4.78 is 27.6. The summed E-state index contributed by atoms with van der Waals surface area (Å²) in [4.78, 5) is 15.8. The van der Waals surface area contributed by atoms with Gasteiger partial charge in [-0.1, -0.05) is 15.9 Å². The molecule has 2 rings (SSSR count). The number of aryl methyl sites for hydroxylation is 1. The number of anilines is 1. The number of thiazole rings is 1. The first-order chi connectivity index (χ1) is 9.70. The number of aromatic nitrogens is 1. The highest BCUT2D eigenvalue weighted by Crippen LogP contribution is 2.28. The number of hydrogen-bond acceptors (Lipinski definition) is 5. The van der Waals surface area contributed by atoms with Crippen molar-refractivity contribution in [3.05, 3.63) is 38.8 Å². The van der Waals surface area contributed by atoms with Gasteiger partial charge in [-0.05, 0) is 31.5 Å². The first-order valence-corrected chi connectivity index (χ1v) is 8.78. The van der Waals surface area contributed by atoms with Gasteiger partial charge in [-0.3, -0.25) is 4.72 Å². The molecule has 2 aromatic rings. The molecule has 0 amide bonds. The van der Waals surface area contributed by atoms with Gasteiger partial charge < -0.3 is 5.11 Å². The second-order valence-electron chi connectivity index (χ2n) is 4.27. The van der Waals surface area contributed by atoms with Crippen molar-refractivity contribution < 1.29 is 18.3 Å². The van der Waals surface area contributed by atoms with Crippen LogP contribution in [0.15, 0.2) is 27.7 Å². The molecule has 0 aliphatic rings. The molecule has 1 heterocycles. The lowest BCUT2D eigenvalue weighted by Gasteiger charge is -2.11. The number of nitrogens with one attached hydrogen (secondary N) is 1. The van der Waals surface area contributed by atoms with E-state index in [1.165, 1.54) is 17.4 Å². The molecule has 0 unspecified atom stereocenters. The van der Waals surface area contributed by atoms with Gasteiger partial charge in [-0.2, -0.15) is 0 Å². The van der Waals surface area contributed by atoms with Crippen molar-refractivity contribution in [2.45, 2.75) is 18.7 Å². The van der Waals surface area contributed by atoms with Crippen molar-refractivity contribution in [1.82, 2.24) is 4.98 Å². The Morgan fingerprint density at radius 2 is 2.05 bits per heavy atom. The number of hydrogen-bond donors (Lipinski definition) is 2. The standard InChI is InChI=1S/C12H11BrN2O4S2/c1-6-5-14-12(20-6)15-21(18,19)10-4-8(11(16)17)3-9(13)7(10)2/h3-5H,1-2H3,(H,14,15)(H,16,17). The number of benzene rings is 1. The van der Waals surface area contributed by atoms with Crippen molar-refractivity contribution in [2.24, 2.45) is 0 Å². The van der Waals surface area contributed by atoms with Crippen LogP contribution in [0.5, 0.6) is 0 Å². The fraction of sp³-hybridized carbons (Fsp3) is 0.167. The minimum atomic E-state index is -3.90. The topological polar surface area (TPSA) is 96.4 Å². The minimum absolute atomic E-state index is 0.0953. The molecule has 0 fully saturated rings. The average Bonchev–Trinajstić information content (AvgIpc) is 2.76. The molecule has 0 saturated heterocycles. The zero-order valence-electron chi connectivity index (χ0n) is 11.0. The molecule has 0 spiro atoms. The van der Waals surface area contributed by atoms with E-state index in [2.05, 4.69) is 25.6 Å². The lowest BCUT2D eigenvalue weighted by atomic mass is 10.1. The molecule has 6 nitrogen and oxygen atoms in total. The first-order valence-electron chi connectivity index (χ1n) is 5.69. The van der Waals surface area contributed by atoms with Crippen LogP contribution in [-0.2, 0) is 10.0 Å². The Hall–Kier alpha value is -1.45. The van der Waals surface area contributed by atoms with Gasteiger partial charge in [0.25, 0.3) is 10.0 Å². The normalized spacial score (nSPS) is 11.4. The van der Waals surface area contributed by atoms with Crippen molar-refractivity contribution >= 4 is 48.4 Å². The van der Waals surface area contributed by atoms with Crippen LogP contribution in [0.1, 0.15) is 20.8 Å². The maximum absolute atomic E-state index is 12.4. The molecule has 0 radical (unpaired) electrons. The minimum Gasteiger partial charge on any atom is -0.478 e. The molecule has 9 heteroatoms. The van der Waals surface area contributed by atoms with Gasteiger partial charge in [0.1, 0.15) is 0 Å². The van der Waals surface area contributed by atoms with E-state index in [4.69, 9.17) is 5.11 Å². The fourth-order valence-corrected chi connectivity index (χ4v) is 4.42. The summed E-state index contributed by atoms with van der Waals surface area (Å²) >= 11 is 4.38. The fourth-order valence-electron chi connectivity index (χ4n) is 1.63. The maximum atomic E-state index is 12.4. The Morgan fingerprint density at radius 3 is 2.57 bits per heavy atom. The Kier molecular flexibility index (Phi) is 4.35. The zero-order valence-corrected chi connectivity index (χ0v) is 14.3. The molecule has 1 aromatic heterocycles. The highest BCUT2D eigenvalue weighted by atomic mass is 79.9. The summed E-state index contributed by atoms with van der Waals surface area (Å²) in [6.07, 6.45) is 1.55. The Balaban J connectivity index is 2.51. The van der Waals surface area contributed by atoms with Gasteiger partial charge in [0.15, 0.2) is 5.13 Å². The second-order valence-corrected chi connectivity index (χ2v) is 8.01. The van der Waals surface area contributed by atoms with Gasteiger partial charge >= 0.3 is 5.97 Å². The van der Waals surface area contributed by atoms with Crippen molar-refractivity contribution in [1.29, 1.82) is 0 Å². The van der Waals surface area contributed by atoms with Crippen LogP contribution in [0.2, 0.25) is 0 Å². The summed E-state index contributed by atoms with van der Waals surface area (Å²) in [6.45, 7) is 3.40. The molecule has 2 N–H and O–H groups in total. The monoisotopic (exact) mass is 390 g/mol. The predicted molar refractivity (Wildman–Crippen MR) is 83.5 cm³/mol. The number of sulfonamides is 1. The Morgan fingerprint density at radius 1 is 1.38 bits per heavy atom. The van der Waals surface area contributed by atoms with Crippen LogP contribution in [0.25, 0.3) is 0 Å². The second kappa shape index (κ2) is 5.74. The molecular weight excluding hydrogens is 380 g/mol. The van der Waals surface area contributed by atoms with E-state index in [-0.39, 0.29) is 15.6 Å². The average molecular weight is 391 g/mol.